The van der Waals surface area contributed by atoms with Crippen molar-refractivity contribution in [1.29, 1.82) is 0 Å². The molecule has 0 aromatic heterocycles. The van der Waals surface area contributed by atoms with Gasteiger partial charge >= 0.3 is 6.09 Å². The van der Waals surface area contributed by atoms with Crippen LogP contribution < -0.4 is 5.32 Å². The molecule has 2 heterocycles. The number of nitrogens with zero attached hydrogens (tertiary/aromatic N) is 2. The van der Waals surface area contributed by atoms with Gasteiger partial charge in [-0.3, -0.25) is 14.5 Å². The quantitative estimate of drug-likeness (QED) is 0.764. The zero-order chi connectivity index (χ0) is 20.9. The smallest absolute Gasteiger partial charge is 0.410 e. The van der Waals surface area contributed by atoms with Crippen LogP contribution in [0.4, 0.5) is 4.79 Å². The van der Waals surface area contributed by atoms with E-state index in [0.717, 1.165) is 6.42 Å². The number of amides is 3. The minimum atomic E-state index is -0.618. The molecule has 28 heavy (non-hydrogen) atoms. The molecule has 0 aliphatic carbocycles. The number of morpholine rings is 1. The molecule has 2 fully saturated rings. The minimum Gasteiger partial charge on any atom is -0.444 e. The van der Waals surface area contributed by atoms with Crippen molar-refractivity contribution in [3.8, 4) is 0 Å². The summed E-state index contributed by atoms with van der Waals surface area (Å²) >= 11 is 0. The molecule has 0 aromatic carbocycles. The number of carbonyl (C=O) groups excluding carboxylic acids is 3. The van der Waals surface area contributed by atoms with E-state index in [1.165, 1.54) is 4.90 Å². The van der Waals surface area contributed by atoms with Gasteiger partial charge in [0.25, 0.3) is 0 Å². The van der Waals surface area contributed by atoms with Crippen molar-refractivity contribution in [3.63, 3.8) is 0 Å². The normalized spacial score (nSPS) is 21.6. The summed E-state index contributed by atoms with van der Waals surface area (Å²) in [4.78, 5) is 41.6. The molecule has 8 heteroatoms. The average Bonchev–Trinajstić information content (AvgIpc) is 3.09. The molecule has 3 amide bonds. The van der Waals surface area contributed by atoms with E-state index in [-0.39, 0.29) is 17.7 Å². The van der Waals surface area contributed by atoms with Crippen LogP contribution in [0.3, 0.4) is 0 Å². The fourth-order valence-electron chi connectivity index (χ4n) is 3.54. The van der Waals surface area contributed by atoms with E-state index >= 15 is 0 Å². The SMILES string of the molecule is CC(C)C[C@H](NC(=O)[C@@H]1CCCN1C(=O)OC(C)(C)C)C(=O)N1CCOCC1. The molecule has 0 unspecified atom stereocenters. The second-order valence-corrected chi connectivity index (χ2v) is 8.96. The maximum atomic E-state index is 12.9. The van der Waals surface area contributed by atoms with E-state index in [0.29, 0.717) is 45.7 Å². The largest absolute Gasteiger partial charge is 0.444 e. The molecule has 2 aliphatic rings. The predicted octanol–water partition coefficient (Wildman–Crippen LogP) is 1.78. The Morgan fingerprint density at radius 1 is 1.14 bits per heavy atom. The molecule has 2 atom stereocenters. The van der Waals surface area contributed by atoms with Crippen molar-refractivity contribution in [2.45, 2.75) is 71.6 Å². The fourth-order valence-corrected chi connectivity index (χ4v) is 3.54. The number of carbonyl (C=O) groups is 3. The first-order valence-electron chi connectivity index (χ1n) is 10.2. The zero-order valence-corrected chi connectivity index (χ0v) is 17.8. The number of rotatable bonds is 5. The molecule has 2 rings (SSSR count). The summed E-state index contributed by atoms with van der Waals surface area (Å²) in [5, 5.41) is 2.91. The van der Waals surface area contributed by atoms with Gasteiger partial charge in [-0.1, -0.05) is 13.8 Å². The topological polar surface area (TPSA) is 88.2 Å². The fraction of sp³-hybridized carbons (Fsp3) is 0.850. The van der Waals surface area contributed by atoms with Gasteiger partial charge in [-0.2, -0.15) is 0 Å². The maximum absolute atomic E-state index is 12.9. The number of likely N-dealkylation sites (tertiary alicyclic amines) is 1. The van der Waals surface area contributed by atoms with Gasteiger partial charge in [-0.25, -0.2) is 4.79 Å². The predicted molar refractivity (Wildman–Crippen MR) is 105 cm³/mol. The zero-order valence-electron chi connectivity index (χ0n) is 17.8. The van der Waals surface area contributed by atoms with Crippen molar-refractivity contribution in [1.82, 2.24) is 15.1 Å². The van der Waals surface area contributed by atoms with Crippen LogP contribution in [0.25, 0.3) is 0 Å². The van der Waals surface area contributed by atoms with E-state index in [4.69, 9.17) is 9.47 Å². The van der Waals surface area contributed by atoms with Crippen LogP contribution in [0.15, 0.2) is 0 Å². The van der Waals surface area contributed by atoms with Crippen LogP contribution in [0, 0.1) is 5.92 Å². The Morgan fingerprint density at radius 2 is 1.79 bits per heavy atom. The minimum absolute atomic E-state index is 0.0767. The van der Waals surface area contributed by atoms with Gasteiger partial charge in [0, 0.05) is 19.6 Å². The van der Waals surface area contributed by atoms with Crippen molar-refractivity contribution in [2.75, 3.05) is 32.8 Å². The Kier molecular flexibility index (Phi) is 7.69. The lowest BCUT2D eigenvalue weighted by Gasteiger charge is -2.33. The highest BCUT2D eigenvalue weighted by atomic mass is 16.6. The van der Waals surface area contributed by atoms with Gasteiger partial charge in [-0.15, -0.1) is 0 Å². The molecule has 0 spiro atoms. The van der Waals surface area contributed by atoms with Crippen LogP contribution in [0.5, 0.6) is 0 Å². The monoisotopic (exact) mass is 397 g/mol. The van der Waals surface area contributed by atoms with Gasteiger partial charge in [-0.05, 0) is 46.0 Å². The summed E-state index contributed by atoms with van der Waals surface area (Å²) in [5.74, 6) is -0.108. The second-order valence-electron chi connectivity index (χ2n) is 8.96. The van der Waals surface area contributed by atoms with Crippen LogP contribution in [-0.4, -0.2) is 78.2 Å². The Hall–Kier alpha value is -1.83. The first-order valence-corrected chi connectivity index (χ1v) is 10.2. The Labute approximate surface area is 167 Å². The number of nitrogens with one attached hydrogen (secondary N) is 1. The maximum Gasteiger partial charge on any atom is 0.410 e. The second kappa shape index (κ2) is 9.58. The molecule has 0 aromatic rings. The lowest BCUT2D eigenvalue weighted by Crippen LogP contribution is -2.56. The molecule has 160 valence electrons. The highest BCUT2D eigenvalue weighted by Crippen LogP contribution is 2.21. The summed E-state index contributed by atoms with van der Waals surface area (Å²) in [6.07, 6.45) is 1.39. The van der Waals surface area contributed by atoms with Crippen molar-refractivity contribution in [3.05, 3.63) is 0 Å². The van der Waals surface area contributed by atoms with Crippen molar-refractivity contribution >= 4 is 17.9 Å². The van der Waals surface area contributed by atoms with E-state index in [1.54, 1.807) is 25.7 Å². The number of hydrogen-bond donors (Lipinski definition) is 1. The van der Waals surface area contributed by atoms with E-state index in [2.05, 4.69) is 5.32 Å². The molecule has 1 N–H and O–H groups in total. The van der Waals surface area contributed by atoms with Gasteiger partial charge in [0.2, 0.25) is 11.8 Å². The van der Waals surface area contributed by atoms with Crippen LogP contribution >= 0.6 is 0 Å². The summed E-state index contributed by atoms with van der Waals surface area (Å²) < 4.78 is 10.7. The highest BCUT2D eigenvalue weighted by Gasteiger charge is 2.38. The third-order valence-electron chi connectivity index (χ3n) is 4.83. The third kappa shape index (κ3) is 6.36. The van der Waals surface area contributed by atoms with Crippen molar-refractivity contribution < 1.29 is 23.9 Å². The Bertz CT molecular complexity index is 567. The first kappa shape index (κ1) is 22.5. The Balaban J connectivity index is 2.04. The van der Waals surface area contributed by atoms with Crippen LogP contribution in [0.2, 0.25) is 0 Å². The molecule has 2 saturated heterocycles. The molecular formula is C20H35N3O5. The molecule has 0 bridgehead atoms. The Morgan fingerprint density at radius 3 is 2.36 bits per heavy atom. The molecule has 8 nitrogen and oxygen atoms in total. The van der Waals surface area contributed by atoms with Gasteiger partial charge in [0.05, 0.1) is 13.2 Å². The van der Waals surface area contributed by atoms with E-state index in [9.17, 15) is 14.4 Å². The molecule has 0 saturated carbocycles. The third-order valence-corrected chi connectivity index (χ3v) is 4.83. The number of ether oxygens (including phenoxy) is 2. The van der Waals surface area contributed by atoms with Gasteiger partial charge in [0.15, 0.2) is 0 Å². The van der Waals surface area contributed by atoms with Gasteiger partial charge in [0.1, 0.15) is 17.7 Å². The molecular weight excluding hydrogens is 362 g/mol. The highest BCUT2D eigenvalue weighted by molar-refractivity contribution is 5.91. The summed E-state index contributed by atoms with van der Waals surface area (Å²) in [6.45, 7) is 12.0. The molecule has 2 aliphatic heterocycles. The van der Waals surface area contributed by atoms with Crippen LogP contribution in [0.1, 0.15) is 53.9 Å². The summed E-state index contributed by atoms with van der Waals surface area (Å²) in [6, 6.07) is -1.19. The van der Waals surface area contributed by atoms with E-state index < -0.39 is 23.8 Å². The first-order chi connectivity index (χ1) is 13.1. The lowest BCUT2D eigenvalue weighted by molar-refractivity contribution is -0.141. The standard InChI is InChI=1S/C20H35N3O5/c1-14(2)13-15(18(25)22-9-11-27-12-10-22)21-17(24)16-7-6-8-23(16)19(26)28-20(3,4)5/h14-16H,6-13H2,1-5H3,(H,21,24)/t15-,16-/m0/s1. The van der Waals surface area contributed by atoms with Gasteiger partial charge < -0.3 is 19.7 Å². The summed E-state index contributed by atoms with van der Waals surface area (Å²) in [7, 11) is 0. The van der Waals surface area contributed by atoms with Crippen molar-refractivity contribution in [2.24, 2.45) is 5.92 Å². The average molecular weight is 398 g/mol. The van der Waals surface area contributed by atoms with Crippen LogP contribution in [-0.2, 0) is 19.1 Å². The lowest BCUT2D eigenvalue weighted by atomic mass is 10.0. The van der Waals surface area contributed by atoms with E-state index in [1.807, 2.05) is 13.8 Å². The molecule has 0 radical (unpaired) electrons. The number of hydrogen-bond acceptors (Lipinski definition) is 5. The summed E-state index contributed by atoms with van der Waals surface area (Å²) in [5.41, 5.74) is -0.618.